The molecule has 0 saturated heterocycles. The van der Waals surface area contributed by atoms with Gasteiger partial charge in [-0.1, -0.05) is 6.07 Å². The number of hydrogen-bond acceptors (Lipinski definition) is 4. The predicted octanol–water partition coefficient (Wildman–Crippen LogP) is 0.712. The Hall–Kier alpha value is -1.23. The Bertz CT molecular complexity index is 229. The van der Waals surface area contributed by atoms with Gasteiger partial charge in [-0.2, -0.15) is 4.41 Å². The van der Waals surface area contributed by atoms with Gasteiger partial charge in [0.05, 0.1) is 0 Å². The molecule has 1 aromatic heterocycles. The number of hydrazine groups is 1. The van der Waals surface area contributed by atoms with Crippen molar-refractivity contribution in [3.05, 3.63) is 24.4 Å². The van der Waals surface area contributed by atoms with Crippen LogP contribution in [-0.2, 0) is 4.79 Å². The molecule has 0 bridgehead atoms. The van der Waals surface area contributed by atoms with Crippen molar-refractivity contribution in [3.63, 3.8) is 0 Å². The van der Waals surface area contributed by atoms with Crippen LogP contribution in [0.5, 0.6) is 0 Å². The number of nitrogens with one attached hydrogen (secondary N) is 1. The maximum atomic E-state index is 10.1. The van der Waals surface area contributed by atoms with E-state index in [-0.39, 0.29) is 0 Å². The van der Waals surface area contributed by atoms with E-state index in [0.29, 0.717) is 12.2 Å². The summed E-state index contributed by atoms with van der Waals surface area (Å²) >= 11 is 3.76. The van der Waals surface area contributed by atoms with Gasteiger partial charge in [0.15, 0.2) is 0 Å². The van der Waals surface area contributed by atoms with Gasteiger partial charge in [-0.15, -0.1) is 0 Å². The molecule has 0 atom stereocenters. The topological polar surface area (TPSA) is 45.2 Å². The first kappa shape index (κ1) is 7.87. The smallest absolute Gasteiger partial charge is 0.238 e. The van der Waals surface area contributed by atoms with Gasteiger partial charge in [-0.25, -0.2) is 4.98 Å². The maximum Gasteiger partial charge on any atom is 0.238 e. The normalized spacial score (nSPS) is 8.82. The lowest BCUT2D eigenvalue weighted by molar-refractivity contribution is -0.113. The van der Waals surface area contributed by atoms with Gasteiger partial charge >= 0.3 is 0 Å². The highest BCUT2D eigenvalue weighted by Gasteiger charge is 1.93. The largest absolute Gasteiger partial charge is 0.276 e. The van der Waals surface area contributed by atoms with Crippen molar-refractivity contribution < 1.29 is 4.79 Å². The SMILES string of the molecule is O=CN(S)Nc1ccccn1. The van der Waals surface area contributed by atoms with Crippen LogP contribution in [0.1, 0.15) is 0 Å². The molecule has 5 heteroatoms. The van der Waals surface area contributed by atoms with Crippen LogP contribution in [-0.4, -0.2) is 15.8 Å². The quantitative estimate of drug-likeness (QED) is 0.398. The number of carbonyl (C=O) groups is 1. The summed E-state index contributed by atoms with van der Waals surface area (Å²) in [6, 6.07) is 5.32. The molecular formula is C6H7N3OS. The van der Waals surface area contributed by atoms with E-state index < -0.39 is 0 Å². The first-order chi connectivity index (χ1) is 5.33. The maximum absolute atomic E-state index is 10.1. The van der Waals surface area contributed by atoms with Crippen molar-refractivity contribution in [2.75, 3.05) is 5.43 Å². The van der Waals surface area contributed by atoms with Crippen molar-refractivity contribution in [1.82, 2.24) is 9.40 Å². The van der Waals surface area contributed by atoms with Crippen LogP contribution >= 0.6 is 12.8 Å². The summed E-state index contributed by atoms with van der Waals surface area (Å²) in [6.07, 6.45) is 2.16. The Balaban J connectivity index is 2.57. The zero-order valence-electron chi connectivity index (χ0n) is 5.64. The number of pyridine rings is 1. The van der Waals surface area contributed by atoms with Gasteiger partial charge in [-0.3, -0.25) is 10.2 Å². The minimum absolute atomic E-state index is 0.539. The van der Waals surface area contributed by atoms with E-state index in [1.807, 2.05) is 6.07 Å². The highest BCUT2D eigenvalue weighted by molar-refractivity contribution is 7.78. The van der Waals surface area contributed by atoms with E-state index in [1.54, 1.807) is 18.3 Å². The third kappa shape index (κ3) is 2.46. The molecule has 0 radical (unpaired) electrons. The number of hydrogen-bond donors (Lipinski definition) is 2. The Labute approximate surface area is 69.7 Å². The molecule has 0 aliphatic heterocycles. The zero-order chi connectivity index (χ0) is 8.10. The fourth-order valence-electron chi connectivity index (χ4n) is 0.573. The van der Waals surface area contributed by atoms with Gasteiger partial charge in [-0.05, 0) is 24.9 Å². The van der Waals surface area contributed by atoms with Crippen molar-refractivity contribution in [3.8, 4) is 0 Å². The van der Waals surface area contributed by atoms with E-state index in [1.165, 1.54) is 0 Å². The minimum atomic E-state index is 0.539. The molecule has 1 aromatic rings. The first-order valence-electron chi connectivity index (χ1n) is 2.94. The lowest BCUT2D eigenvalue weighted by Gasteiger charge is -2.09. The van der Waals surface area contributed by atoms with E-state index in [0.717, 1.165) is 4.41 Å². The van der Waals surface area contributed by atoms with Crippen molar-refractivity contribution in [1.29, 1.82) is 0 Å². The lowest BCUT2D eigenvalue weighted by atomic mass is 10.5. The number of carbonyl (C=O) groups excluding carboxylic acids is 1. The second kappa shape index (κ2) is 3.82. The molecule has 4 nitrogen and oxygen atoms in total. The molecule has 0 aliphatic rings. The van der Waals surface area contributed by atoms with E-state index in [2.05, 4.69) is 23.2 Å². The Morgan fingerprint density at radius 1 is 1.64 bits per heavy atom. The van der Waals surface area contributed by atoms with Crippen molar-refractivity contribution in [2.24, 2.45) is 0 Å². The van der Waals surface area contributed by atoms with Crippen LogP contribution in [0.15, 0.2) is 24.4 Å². The molecule has 0 saturated carbocycles. The molecule has 0 aliphatic carbocycles. The lowest BCUT2D eigenvalue weighted by Crippen LogP contribution is -2.17. The van der Waals surface area contributed by atoms with Crippen molar-refractivity contribution >= 4 is 25.0 Å². The van der Waals surface area contributed by atoms with Gasteiger partial charge in [0.25, 0.3) is 0 Å². The number of rotatable bonds is 3. The fraction of sp³-hybridized carbons (Fsp3) is 0. The highest BCUT2D eigenvalue weighted by Crippen LogP contribution is 2.01. The van der Waals surface area contributed by atoms with Gasteiger partial charge in [0.1, 0.15) is 5.82 Å². The van der Waals surface area contributed by atoms with E-state index in [4.69, 9.17) is 0 Å². The van der Waals surface area contributed by atoms with Crippen LogP contribution in [0.2, 0.25) is 0 Å². The fourth-order valence-corrected chi connectivity index (χ4v) is 0.675. The molecule has 58 valence electrons. The number of anilines is 1. The molecule has 1 amide bonds. The second-order valence-corrected chi connectivity index (χ2v) is 2.21. The minimum Gasteiger partial charge on any atom is -0.276 e. The summed E-state index contributed by atoms with van der Waals surface area (Å²) in [5, 5.41) is 0. The van der Waals surface area contributed by atoms with Gasteiger partial charge < -0.3 is 0 Å². The third-order valence-electron chi connectivity index (χ3n) is 0.994. The van der Waals surface area contributed by atoms with Crippen LogP contribution < -0.4 is 5.43 Å². The molecule has 11 heavy (non-hydrogen) atoms. The molecule has 1 N–H and O–H groups in total. The summed E-state index contributed by atoms with van der Waals surface area (Å²) in [4.78, 5) is 14.0. The number of nitrogens with zero attached hydrogens (tertiary/aromatic N) is 2. The van der Waals surface area contributed by atoms with Crippen LogP contribution in [0.3, 0.4) is 0 Å². The summed E-state index contributed by atoms with van der Waals surface area (Å²) in [7, 11) is 0. The van der Waals surface area contributed by atoms with E-state index >= 15 is 0 Å². The number of thiol groups is 1. The van der Waals surface area contributed by atoms with Gasteiger partial charge in [0, 0.05) is 6.20 Å². The monoisotopic (exact) mass is 169 g/mol. The Kier molecular flexibility index (Phi) is 2.74. The molecule has 0 spiro atoms. The molecular weight excluding hydrogens is 162 g/mol. The second-order valence-electron chi connectivity index (χ2n) is 1.78. The van der Waals surface area contributed by atoms with Gasteiger partial charge in [0.2, 0.25) is 6.41 Å². The Morgan fingerprint density at radius 2 is 2.45 bits per heavy atom. The highest BCUT2D eigenvalue weighted by atomic mass is 32.1. The van der Waals surface area contributed by atoms with E-state index in [9.17, 15) is 4.79 Å². The molecule has 0 aromatic carbocycles. The van der Waals surface area contributed by atoms with Crippen molar-refractivity contribution in [2.45, 2.75) is 0 Å². The Morgan fingerprint density at radius 3 is 3.00 bits per heavy atom. The summed E-state index contributed by atoms with van der Waals surface area (Å²) in [5.41, 5.74) is 2.61. The van der Waals surface area contributed by atoms with Crippen LogP contribution in [0.25, 0.3) is 0 Å². The predicted molar refractivity (Wildman–Crippen MR) is 44.7 cm³/mol. The molecule has 0 fully saturated rings. The molecule has 0 unspecified atom stereocenters. The average Bonchev–Trinajstić information content (AvgIpc) is 2.06. The third-order valence-corrected chi connectivity index (χ3v) is 1.19. The number of amides is 1. The first-order valence-corrected chi connectivity index (χ1v) is 3.34. The zero-order valence-corrected chi connectivity index (χ0v) is 6.53. The van der Waals surface area contributed by atoms with Crippen LogP contribution in [0, 0.1) is 0 Å². The molecule has 1 rings (SSSR count). The summed E-state index contributed by atoms with van der Waals surface area (Å²) in [6.45, 7) is 0. The number of aromatic nitrogens is 1. The summed E-state index contributed by atoms with van der Waals surface area (Å²) in [5.74, 6) is 0.578. The summed E-state index contributed by atoms with van der Waals surface area (Å²) < 4.78 is 0.988. The van der Waals surface area contributed by atoms with Crippen LogP contribution in [0.4, 0.5) is 5.82 Å². The standard InChI is InChI=1S/C6H7N3OS/c10-5-9(11)8-6-3-1-2-4-7-6/h1-5,11H,(H,7,8). The average molecular weight is 169 g/mol. The molecule has 1 heterocycles.